The molecule has 1 rings (SSSR count). The van der Waals surface area contributed by atoms with E-state index >= 15 is 0 Å². The molecule has 3 nitrogen and oxygen atoms in total. The van der Waals surface area contributed by atoms with Crippen LogP contribution < -0.4 is 9.47 Å². The van der Waals surface area contributed by atoms with Gasteiger partial charge in [0, 0.05) is 6.42 Å². The van der Waals surface area contributed by atoms with Gasteiger partial charge in [-0.25, -0.2) is 0 Å². The Hall–Kier alpha value is -2.03. The Morgan fingerprint density at radius 1 is 1.30 bits per heavy atom. The molecule has 1 aromatic rings. The van der Waals surface area contributed by atoms with Gasteiger partial charge in [-0.2, -0.15) is 0 Å². The lowest BCUT2D eigenvalue weighted by Crippen LogP contribution is -2.13. The van der Waals surface area contributed by atoms with E-state index in [0.29, 0.717) is 23.8 Å². The summed E-state index contributed by atoms with van der Waals surface area (Å²) in [6.45, 7) is 9.96. The van der Waals surface area contributed by atoms with E-state index in [9.17, 15) is 4.79 Å². The number of methoxy groups -OCH3 is 1. The van der Waals surface area contributed by atoms with Crippen LogP contribution in [0.4, 0.5) is 0 Å². The van der Waals surface area contributed by atoms with Crippen molar-refractivity contribution in [2.24, 2.45) is 5.92 Å². The van der Waals surface area contributed by atoms with E-state index in [4.69, 9.17) is 9.47 Å². The summed E-state index contributed by atoms with van der Waals surface area (Å²) in [6.07, 6.45) is 7.17. The van der Waals surface area contributed by atoms with Crippen molar-refractivity contribution in [3.63, 3.8) is 0 Å². The van der Waals surface area contributed by atoms with Crippen molar-refractivity contribution in [3.8, 4) is 11.5 Å². The zero-order chi connectivity index (χ0) is 17.2. The van der Waals surface area contributed by atoms with Gasteiger partial charge in [0.2, 0.25) is 0 Å². The Kier molecular flexibility index (Phi) is 8.17. The molecule has 0 aliphatic rings. The second kappa shape index (κ2) is 9.88. The van der Waals surface area contributed by atoms with Crippen LogP contribution in [-0.2, 0) is 11.2 Å². The molecule has 23 heavy (non-hydrogen) atoms. The number of hydrogen-bond acceptors (Lipinski definition) is 3. The Labute approximate surface area is 140 Å². The summed E-state index contributed by atoms with van der Waals surface area (Å²) in [7, 11) is 1.58. The van der Waals surface area contributed by atoms with Crippen molar-refractivity contribution in [2.75, 3.05) is 7.11 Å². The van der Waals surface area contributed by atoms with Crippen LogP contribution in [-0.4, -0.2) is 13.1 Å². The summed E-state index contributed by atoms with van der Waals surface area (Å²) in [5.41, 5.74) is 2.39. The molecule has 0 amide bonds. The fourth-order valence-electron chi connectivity index (χ4n) is 2.30. The average molecular weight is 316 g/mol. The lowest BCUT2D eigenvalue weighted by Gasteiger charge is -2.13. The maximum absolute atomic E-state index is 12.1. The first-order chi connectivity index (χ1) is 11.0. The van der Waals surface area contributed by atoms with Crippen LogP contribution in [0.25, 0.3) is 0 Å². The third kappa shape index (κ3) is 7.18. The molecule has 0 saturated heterocycles. The summed E-state index contributed by atoms with van der Waals surface area (Å²) in [5.74, 6) is 1.13. The molecular formula is C20H28O3. The number of rotatable bonds is 9. The van der Waals surface area contributed by atoms with E-state index in [1.165, 1.54) is 5.57 Å². The second-order valence-corrected chi connectivity index (χ2v) is 6.12. The van der Waals surface area contributed by atoms with E-state index in [2.05, 4.69) is 33.4 Å². The fraction of sp³-hybridized carbons (Fsp3) is 0.450. The zero-order valence-electron chi connectivity index (χ0n) is 14.7. The van der Waals surface area contributed by atoms with Gasteiger partial charge in [-0.1, -0.05) is 30.7 Å². The highest BCUT2D eigenvalue weighted by Gasteiger charge is 2.14. The molecule has 0 radical (unpaired) electrons. The van der Waals surface area contributed by atoms with Crippen LogP contribution in [0.2, 0.25) is 0 Å². The monoisotopic (exact) mass is 316 g/mol. The van der Waals surface area contributed by atoms with Gasteiger partial charge < -0.3 is 9.47 Å². The van der Waals surface area contributed by atoms with Crippen LogP contribution in [0.1, 0.15) is 45.6 Å². The van der Waals surface area contributed by atoms with Gasteiger partial charge in [0.05, 0.1) is 7.11 Å². The molecular weight excluding hydrogens is 288 g/mol. The highest BCUT2D eigenvalue weighted by molar-refractivity contribution is 5.73. The van der Waals surface area contributed by atoms with Crippen molar-refractivity contribution >= 4 is 5.97 Å². The molecule has 1 aromatic carbocycles. The molecule has 126 valence electrons. The number of hydrogen-bond donors (Lipinski definition) is 0. The maximum Gasteiger partial charge on any atom is 0.311 e. The maximum atomic E-state index is 12.1. The van der Waals surface area contributed by atoms with E-state index in [1.54, 1.807) is 13.2 Å². The minimum absolute atomic E-state index is 0.218. The van der Waals surface area contributed by atoms with E-state index < -0.39 is 0 Å². The predicted octanol–water partition coefficient (Wildman–Crippen LogP) is 5.10. The third-order valence-electron chi connectivity index (χ3n) is 3.56. The van der Waals surface area contributed by atoms with Crippen molar-refractivity contribution in [3.05, 3.63) is 48.1 Å². The highest BCUT2D eigenvalue weighted by Crippen LogP contribution is 2.29. The zero-order valence-corrected chi connectivity index (χ0v) is 14.7. The van der Waals surface area contributed by atoms with Gasteiger partial charge in [0.1, 0.15) is 0 Å². The molecule has 1 unspecified atom stereocenters. The Balaban J connectivity index is 2.59. The number of ether oxygens (including phenoxy) is 2. The van der Waals surface area contributed by atoms with Crippen molar-refractivity contribution in [1.82, 2.24) is 0 Å². The normalized spacial score (nSPS) is 11.5. The average Bonchev–Trinajstić information content (AvgIpc) is 2.48. The second-order valence-electron chi connectivity index (χ2n) is 6.12. The molecule has 0 N–H and O–H groups in total. The van der Waals surface area contributed by atoms with Crippen molar-refractivity contribution in [2.45, 2.75) is 46.5 Å². The van der Waals surface area contributed by atoms with E-state index in [0.717, 1.165) is 24.8 Å². The smallest absolute Gasteiger partial charge is 0.311 e. The van der Waals surface area contributed by atoms with Gasteiger partial charge in [-0.3, -0.25) is 4.79 Å². The first-order valence-electron chi connectivity index (χ1n) is 8.08. The minimum atomic E-state index is -0.218. The summed E-state index contributed by atoms with van der Waals surface area (Å²) in [6, 6.07) is 5.58. The first-order valence-corrected chi connectivity index (χ1v) is 8.08. The summed E-state index contributed by atoms with van der Waals surface area (Å²) in [5, 5.41) is 0. The molecule has 0 spiro atoms. The Morgan fingerprint density at radius 2 is 2.04 bits per heavy atom. The molecule has 0 aliphatic carbocycles. The molecule has 0 aliphatic heterocycles. The molecule has 0 heterocycles. The molecule has 0 fully saturated rings. The highest BCUT2D eigenvalue weighted by atomic mass is 16.6. The molecule has 0 saturated carbocycles. The number of carbonyl (C=O) groups excluding carboxylic acids is 1. The lowest BCUT2D eigenvalue weighted by molar-refractivity contribution is -0.135. The largest absolute Gasteiger partial charge is 0.493 e. The van der Waals surface area contributed by atoms with Crippen LogP contribution in [0.3, 0.4) is 0 Å². The van der Waals surface area contributed by atoms with Gasteiger partial charge in [-0.05, 0) is 56.7 Å². The third-order valence-corrected chi connectivity index (χ3v) is 3.56. The van der Waals surface area contributed by atoms with Gasteiger partial charge in [-0.15, -0.1) is 6.58 Å². The van der Waals surface area contributed by atoms with E-state index in [-0.39, 0.29) is 5.97 Å². The van der Waals surface area contributed by atoms with Crippen LogP contribution in [0.5, 0.6) is 11.5 Å². The SMILES string of the molecule is C=CCc1ccc(OC(=O)CC(C)CCC=C(C)C)c(OC)c1. The quantitative estimate of drug-likeness (QED) is 0.361. The molecule has 1 atom stereocenters. The van der Waals surface area contributed by atoms with Gasteiger partial charge >= 0.3 is 5.97 Å². The summed E-state index contributed by atoms with van der Waals surface area (Å²) < 4.78 is 10.8. The van der Waals surface area contributed by atoms with Crippen LogP contribution >= 0.6 is 0 Å². The number of carbonyl (C=O) groups is 1. The molecule has 3 heteroatoms. The Bertz CT molecular complexity index is 554. The number of esters is 1. The summed E-state index contributed by atoms with van der Waals surface area (Å²) >= 11 is 0. The fourth-order valence-corrected chi connectivity index (χ4v) is 2.30. The summed E-state index contributed by atoms with van der Waals surface area (Å²) in [4.78, 5) is 12.1. The predicted molar refractivity (Wildman–Crippen MR) is 95.0 cm³/mol. The van der Waals surface area contributed by atoms with Crippen LogP contribution in [0, 0.1) is 5.92 Å². The van der Waals surface area contributed by atoms with Crippen LogP contribution in [0.15, 0.2) is 42.5 Å². The topological polar surface area (TPSA) is 35.5 Å². The lowest BCUT2D eigenvalue weighted by atomic mass is 10.0. The first kappa shape index (κ1) is 19.0. The molecule has 0 aromatic heterocycles. The van der Waals surface area contributed by atoms with Crippen molar-refractivity contribution in [1.29, 1.82) is 0 Å². The number of allylic oxidation sites excluding steroid dienone is 3. The van der Waals surface area contributed by atoms with Crippen molar-refractivity contribution < 1.29 is 14.3 Å². The standard InChI is InChI=1S/C20H28O3/c1-6-8-17-11-12-18(19(14-17)22-5)23-20(21)13-16(4)10-7-9-15(2)3/h6,9,11-12,14,16H,1,7-8,10,13H2,2-5H3. The van der Waals surface area contributed by atoms with Gasteiger partial charge in [0.25, 0.3) is 0 Å². The Morgan fingerprint density at radius 3 is 2.65 bits per heavy atom. The molecule has 0 bridgehead atoms. The number of benzene rings is 1. The van der Waals surface area contributed by atoms with E-state index in [1.807, 2.05) is 18.2 Å². The minimum Gasteiger partial charge on any atom is -0.493 e. The van der Waals surface area contributed by atoms with Gasteiger partial charge in [0.15, 0.2) is 11.5 Å².